The standard InChI is InChI=1S/C14H11ClF2N2O3S/c1-8(20)18-13-7-10(3-4-11(13)16)19-23(21,22)14-5-2-9(15)6-12(14)17/h2-7,19H,1H3,(H,18,20). The Morgan fingerprint density at radius 2 is 1.78 bits per heavy atom. The summed E-state index contributed by atoms with van der Waals surface area (Å²) in [5, 5.41) is 2.27. The molecule has 2 aromatic carbocycles. The topological polar surface area (TPSA) is 75.3 Å². The van der Waals surface area contributed by atoms with Crippen molar-refractivity contribution >= 4 is 38.9 Å². The van der Waals surface area contributed by atoms with Crippen molar-refractivity contribution in [2.24, 2.45) is 0 Å². The maximum Gasteiger partial charge on any atom is 0.264 e. The summed E-state index contributed by atoms with van der Waals surface area (Å²) in [5.41, 5.74) is -0.237. The van der Waals surface area contributed by atoms with Crippen molar-refractivity contribution in [3.63, 3.8) is 0 Å². The molecule has 0 heterocycles. The third-order valence-electron chi connectivity index (χ3n) is 2.71. The number of halogens is 3. The van der Waals surface area contributed by atoms with E-state index in [1.54, 1.807) is 0 Å². The molecule has 0 saturated carbocycles. The molecule has 23 heavy (non-hydrogen) atoms. The molecule has 2 rings (SSSR count). The predicted octanol–water partition coefficient (Wildman–Crippen LogP) is 3.38. The van der Waals surface area contributed by atoms with E-state index in [1.165, 1.54) is 13.0 Å². The lowest BCUT2D eigenvalue weighted by Crippen LogP contribution is -2.15. The molecule has 0 aliphatic heterocycles. The number of sulfonamides is 1. The number of hydrogen-bond donors (Lipinski definition) is 2. The van der Waals surface area contributed by atoms with Crippen LogP contribution in [0.2, 0.25) is 5.02 Å². The molecule has 0 fully saturated rings. The minimum Gasteiger partial charge on any atom is -0.324 e. The molecule has 1 amide bonds. The number of carbonyl (C=O) groups excluding carboxylic acids is 1. The van der Waals surface area contributed by atoms with Crippen LogP contribution in [0.15, 0.2) is 41.3 Å². The lowest BCUT2D eigenvalue weighted by molar-refractivity contribution is -0.114. The number of nitrogens with one attached hydrogen (secondary N) is 2. The summed E-state index contributed by atoms with van der Waals surface area (Å²) in [6, 6.07) is 6.31. The fourth-order valence-electron chi connectivity index (χ4n) is 1.78. The Labute approximate surface area is 136 Å². The zero-order chi connectivity index (χ0) is 17.2. The number of amides is 1. The van der Waals surface area contributed by atoms with Gasteiger partial charge in [0.15, 0.2) is 0 Å². The average Bonchev–Trinajstić information content (AvgIpc) is 2.41. The lowest BCUT2D eigenvalue weighted by atomic mass is 10.2. The Balaban J connectivity index is 2.35. The van der Waals surface area contributed by atoms with Crippen LogP contribution in [0.4, 0.5) is 20.2 Å². The minimum atomic E-state index is -4.24. The number of anilines is 2. The van der Waals surface area contributed by atoms with E-state index in [1.807, 2.05) is 0 Å². The predicted molar refractivity (Wildman–Crippen MR) is 82.9 cm³/mol. The molecule has 0 atom stereocenters. The first-order valence-corrected chi connectivity index (χ1v) is 8.10. The van der Waals surface area contributed by atoms with Crippen LogP contribution in [0.25, 0.3) is 0 Å². The average molecular weight is 361 g/mol. The number of rotatable bonds is 4. The molecule has 5 nitrogen and oxygen atoms in total. The van der Waals surface area contributed by atoms with Gasteiger partial charge < -0.3 is 5.32 Å². The highest BCUT2D eigenvalue weighted by Crippen LogP contribution is 2.24. The van der Waals surface area contributed by atoms with Gasteiger partial charge in [0.1, 0.15) is 16.5 Å². The van der Waals surface area contributed by atoms with Crippen molar-refractivity contribution in [2.75, 3.05) is 10.0 Å². The maximum absolute atomic E-state index is 13.7. The minimum absolute atomic E-state index is 0.0375. The molecular weight excluding hydrogens is 350 g/mol. The van der Waals surface area contributed by atoms with E-state index in [0.717, 1.165) is 30.3 Å². The van der Waals surface area contributed by atoms with E-state index in [-0.39, 0.29) is 16.4 Å². The zero-order valence-electron chi connectivity index (χ0n) is 11.7. The summed E-state index contributed by atoms with van der Waals surface area (Å²) in [6.07, 6.45) is 0. The molecule has 0 aromatic heterocycles. The largest absolute Gasteiger partial charge is 0.324 e. The van der Waals surface area contributed by atoms with Crippen LogP contribution < -0.4 is 10.0 Å². The van der Waals surface area contributed by atoms with Crippen LogP contribution in [-0.2, 0) is 14.8 Å². The Kier molecular flexibility index (Phi) is 4.86. The molecular formula is C14H11ClF2N2O3S. The molecule has 0 aliphatic carbocycles. The second-order valence-corrected chi connectivity index (χ2v) is 6.64. The molecule has 0 radical (unpaired) electrons. The van der Waals surface area contributed by atoms with Gasteiger partial charge in [0.05, 0.1) is 11.4 Å². The Hall–Kier alpha value is -2.19. The van der Waals surface area contributed by atoms with Crippen LogP contribution in [0, 0.1) is 11.6 Å². The highest BCUT2D eigenvalue weighted by atomic mass is 35.5. The molecule has 0 aliphatic rings. The van der Waals surface area contributed by atoms with Gasteiger partial charge in [0.25, 0.3) is 10.0 Å². The number of hydrogen-bond acceptors (Lipinski definition) is 3. The van der Waals surface area contributed by atoms with Gasteiger partial charge in [-0.15, -0.1) is 0 Å². The van der Waals surface area contributed by atoms with Crippen LogP contribution in [0.3, 0.4) is 0 Å². The molecule has 0 bridgehead atoms. The zero-order valence-corrected chi connectivity index (χ0v) is 13.3. The third kappa shape index (κ3) is 4.17. The second-order valence-electron chi connectivity index (χ2n) is 4.56. The van der Waals surface area contributed by atoms with Crippen molar-refractivity contribution in [3.8, 4) is 0 Å². The first-order valence-electron chi connectivity index (χ1n) is 6.24. The summed E-state index contributed by atoms with van der Waals surface area (Å²) >= 11 is 5.58. The second kappa shape index (κ2) is 6.51. The molecule has 2 N–H and O–H groups in total. The summed E-state index contributed by atoms with van der Waals surface area (Å²) in [7, 11) is -4.24. The van der Waals surface area contributed by atoms with E-state index in [2.05, 4.69) is 10.0 Å². The van der Waals surface area contributed by atoms with Crippen LogP contribution in [-0.4, -0.2) is 14.3 Å². The summed E-state index contributed by atoms with van der Waals surface area (Å²) in [4.78, 5) is 10.4. The van der Waals surface area contributed by atoms with Crippen molar-refractivity contribution in [1.82, 2.24) is 0 Å². The van der Waals surface area contributed by atoms with E-state index in [0.29, 0.717) is 0 Å². The van der Waals surface area contributed by atoms with Gasteiger partial charge in [-0.2, -0.15) is 0 Å². The van der Waals surface area contributed by atoms with Gasteiger partial charge in [0.2, 0.25) is 5.91 Å². The SMILES string of the molecule is CC(=O)Nc1cc(NS(=O)(=O)c2ccc(Cl)cc2F)ccc1F. The molecule has 2 aromatic rings. The first-order chi connectivity index (χ1) is 10.7. The smallest absolute Gasteiger partial charge is 0.264 e. The monoisotopic (exact) mass is 360 g/mol. The Bertz CT molecular complexity index is 872. The van der Waals surface area contributed by atoms with Crippen molar-refractivity contribution in [3.05, 3.63) is 53.1 Å². The van der Waals surface area contributed by atoms with Gasteiger partial charge in [-0.05, 0) is 36.4 Å². The Morgan fingerprint density at radius 3 is 2.39 bits per heavy atom. The van der Waals surface area contributed by atoms with Gasteiger partial charge in [-0.1, -0.05) is 11.6 Å². The van der Waals surface area contributed by atoms with Crippen LogP contribution in [0.1, 0.15) is 6.92 Å². The van der Waals surface area contributed by atoms with Gasteiger partial charge >= 0.3 is 0 Å². The fourth-order valence-corrected chi connectivity index (χ4v) is 3.05. The Morgan fingerprint density at radius 1 is 1.09 bits per heavy atom. The van der Waals surface area contributed by atoms with E-state index in [9.17, 15) is 22.0 Å². The number of carbonyl (C=O) groups is 1. The summed E-state index contributed by atoms with van der Waals surface area (Å²) in [5.74, 6) is -2.28. The molecule has 9 heteroatoms. The summed E-state index contributed by atoms with van der Waals surface area (Å²) in [6.45, 7) is 1.18. The molecule has 0 spiro atoms. The molecule has 122 valence electrons. The van der Waals surface area contributed by atoms with E-state index < -0.39 is 32.5 Å². The highest BCUT2D eigenvalue weighted by Gasteiger charge is 2.20. The molecule has 0 unspecified atom stereocenters. The van der Waals surface area contributed by atoms with Crippen LogP contribution >= 0.6 is 11.6 Å². The lowest BCUT2D eigenvalue weighted by Gasteiger charge is -2.11. The fraction of sp³-hybridized carbons (Fsp3) is 0.0714. The van der Waals surface area contributed by atoms with Crippen molar-refractivity contribution < 1.29 is 22.0 Å². The molecule has 0 saturated heterocycles. The van der Waals surface area contributed by atoms with Gasteiger partial charge in [-0.25, -0.2) is 17.2 Å². The van der Waals surface area contributed by atoms with Crippen molar-refractivity contribution in [1.29, 1.82) is 0 Å². The van der Waals surface area contributed by atoms with E-state index >= 15 is 0 Å². The van der Waals surface area contributed by atoms with Crippen molar-refractivity contribution in [2.45, 2.75) is 11.8 Å². The van der Waals surface area contributed by atoms with Crippen LogP contribution in [0.5, 0.6) is 0 Å². The number of benzene rings is 2. The van der Waals surface area contributed by atoms with E-state index in [4.69, 9.17) is 11.6 Å². The summed E-state index contributed by atoms with van der Waals surface area (Å²) < 4.78 is 53.7. The quantitative estimate of drug-likeness (QED) is 0.877. The van der Waals surface area contributed by atoms with Gasteiger partial charge in [0, 0.05) is 11.9 Å². The highest BCUT2D eigenvalue weighted by molar-refractivity contribution is 7.92. The normalized spacial score (nSPS) is 11.1. The van der Waals surface area contributed by atoms with Gasteiger partial charge in [-0.3, -0.25) is 9.52 Å². The first kappa shape index (κ1) is 17.2. The maximum atomic E-state index is 13.7. The third-order valence-corrected chi connectivity index (χ3v) is 4.36.